The molecule has 0 aliphatic carbocycles. The first-order valence-corrected chi connectivity index (χ1v) is 8.07. The molecule has 2 amide bonds. The van der Waals surface area contributed by atoms with Crippen LogP contribution in [0.15, 0.2) is 24.3 Å². The topological polar surface area (TPSA) is 50.8 Å². The van der Waals surface area contributed by atoms with Gasteiger partial charge in [-0.2, -0.15) is 0 Å². The number of hydrogen-bond donors (Lipinski definition) is 1. The lowest BCUT2D eigenvalue weighted by atomic mass is 10.0. The molecule has 3 rings (SSSR count). The van der Waals surface area contributed by atoms with Gasteiger partial charge in [0.1, 0.15) is 5.75 Å². The number of para-hydroxylation sites is 1. The van der Waals surface area contributed by atoms with Crippen LogP contribution in [0.5, 0.6) is 5.75 Å². The van der Waals surface area contributed by atoms with Gasteiger partial charge < -0.3 is 19.7 Å². The second kappa shape index (κ2) is 7.01. The molecular weight excluding hydrogens is 280 g/mol. The van der Waals surface area contributed by atoms with E-state index in [1.54, 1.807) is 7.11 Å². The summed E-state index contributed by atoms with van der Waals surface area (Å²) in [6.45, 7) is 2.28. The van der Waals surface area contributed by atoms with Crippen LogP contribution in [-0.2, 0) is 4.74 Å². The molecular formula is C17H24N2O3. The molecule has 1 N–H and O–H groups in total. The summed E-state index contributed by atoms with van der Waals surface area (Å²) in [5.74, 6) is 0.860. The highest BCUT2D eigenvalue weighted by molar-refractivity contribution is 5.75. The van der Waals surface area contributed by atoms with E-state index in [2.05, 4.69) is 11.4 Å². The summed E-state index contributed by atoms with van der Waals surface area (Å²) < 4.78 is 10.8. The second-order valence-corrected chi connectivity index (χ2v) is 5.93. The number of methoxy groups -OCH3 is 1. The summed E-state index contributed by atoms with van der Waals surface area (Å²) in [6, 6.07) is 8.37. The molecule has 0 saturated carbocycles. The van der Waals surface area contributed by atoms with E-state index < -0.39 is 0 Å². The lowest BCUT2D eigenvalue weighted by Gasteiger charge is -2.30. The second-order valence-electron chi connectivity index (χ2n) is 5.93. The number of nitrogens with zero attached hydrogens (tertiary/aromatic N) is 1. The molecule has 0 radical (unpaired) electrons. The van der Waals surface area contributed by atoms with E-state index in [0.717, 1.165) is 56.8 Å². The van der Waals surface area contributed by atoms with Crippen LogP contribution in [0, 0.1) is 0 Å². The molecule has 2 aliphatic heterocycles. The van der Waals surface area contributed by atoms with Crippen molar-refractivity contribution in [3.05, 3.63) is 29.8 Å². The lowest BCUT2D eigenvalue weighted by Crippen LogP contribution is -2.46. The maximum Gasteiger partial charge on any atom is 0.318 e. The SMILES string of the molecule is COc1ccccc1C1CCCN1C(=O)NC1CCOCC1. The highest BCUT2D eigenvalue weighted by Gasteiger charge is 2.32. The number of likely N-dealkylation sites (tertiary alicyclic amines) is 1. The molecule has 5 nitrogen and oxygen atoms in total. The van der Waals surface area contributed by atoms with E-state index in [9.17, 15) is 4.79 Å². The van der Waals surface area contributed by atoms with Crippen LogP contribution in [0.4, 0.5) is 4.79 Å². The molecule has 1 unspecified atom stereocenters. The van der Waals surface area contributed by atoms with Gasteiger partial charge in [0.15, 0.2) is 0 Å². The number of benzene rings is 1. The maximum absolute atomic E-state index is 12.6. The monoisotopic (exact) mass is 304 g/mol. The standard InChI is InChI=1S/C17H24N2O3/c1-21-16-7-3-2-5-14(16)15-6-4-10-19(15)17(20)18-13-8-11-22-12-9-13/h2-3,5,7,13,15H,4,6,8-12H2,1H3,(H,18,20). The minimum Gasteiger partial charge on any atom is -0.496 e. The predicted molar refractivity (Wildman–Crippen MR) is 84.0 cm³/mol. The number of hydrogen-bond acceptors (Lipinski definition) is 3. The van der Waals surface area contributed by atoms with E-state index >= 15 is 0 Å². The zero-order chi connectivity index (χ0) is 15.4. The minimum absolute atomic E-state index is 0.0420. The maximum atomic E-state index is 12.6. The summed E-state index contributed by atoms with van der Waals surface area (Å²) in [6.07, 6.45) is 3.82. The van der Waals surface area contributed by atoms with Crippen molar-refractivity contribution in [2.75, 3.05) is 26.9 Å². The Morgan fingerprint density at radius 2 is 2.05 bits per heavy atom. The molecule has 0 bridgehead atoms. The Morgan fingerprint density at radius 1 is 1.27 bits per heavy atom. The van der Waals surface area contributed by atoms with Crippen LogP contribution in [0.2, 0.25) is 0 Å². The van der Waals surface area contributed by atoms with Gasteiger partial charge in [-0.05, 0) is 31.7 Å². The molecule has 1 aromatic carbocycles. The Kier molecular flexibility index (Phi) is 4.83. The minimum atomic E-state index is 0.0420. The van der Waals surface area contributed by atoms with Gasteiger partial charge >= 0.3 is 6.03 Å². The molecule has 5 heteroatoms. The molecule has 2 fully saturated rings. The van der Waals surface area contributed by atoms with Crippen molar-refractivity contribution in [2.24, 2.45) is 0 Å². The Hall–Kier alpha value is -1.75. The van der Waals surface area contributed by atoms with Crippen LogP contribution in [0.25, 0.3) is 0 Å². The van der Waals surface area contributed by atoms with Crippen molar-refractivity contribution in [2.45, 2.75) is 37.8 Å². The highest BCUT2D eigenvalue weighted by Crippen LogP contribution is 2.36. The van der Waals surface area contributed by atoms with E-state index in [0.29, 0.717) is 0 Å². The molecule has 22 heavy (non-hydrogen) atoms. The van der Waals surface area contributed by atoms with Crippen molar-refractivity contribution in [1.82, 2.24) is 10.2 Å². The Balaban J connectivity index is 1.70. The molecule has 120 valence electrons. The fourth-order valence-electron chi connectivity index (χ4n) is 3.37. The van der Waals surface area contributed by atoms with Crippen molar-refractivity contribution >= 4 is 6.03 Å². The molecule has 0 spiro atoms. The fraction of sp³-hybridized carbons (Fsp3) is 0.588. The van der Waals surface area contributed by atoms with E-state index in [-0.39, 0.29) is 18.1 Å². The quantitative estimate of drug-likeness (QED) is 0.934. The third-order valence-electron chi connectivity index (χ3n) is 4.56. The van der Waals surface area contributed by atoms with Gasteiger partial charge in [0.2, 0.25) is 0 Å². The molecule has 0 aromatic heterocycles. The lowest BCUT2D eigenvalue weighted by molar-refractivity contribution is 0.0778. The summed E-state index contributed by atoms with van der Waals surface area (Å²) in [5, 5.41) is 3.16. The normalized spacial score (nSPS) is 22.6. The number of ether oxygens (including phenoxy) is 2. The third-order valence-corrected chi connectivity index (χ3v) is 4.56. The van der Waals surface area contributed by atoms with Crippen molar-refractivity contribution in [3.63, 3.8) is 0 Å². The Morgan fingerprint density at radius 3 is 2.82 bits per heavy atom. The highest BCUT2D eigenvalue weighted by atomic mass is 16.5. The zero-order valence-corrected chi connectivity index (χ0v) is 13.1. The molecule has 2 saturated heterocycles. The van der Waals surface area contributed by atoms with E-state index in [1.165, 1.54) is 0 Å². The van der Waals surface area contributed by atoms with Crippen molar-refractivity contribution < 1.29 is 14.3 Å². The number of urea groups is 1. The van der Waals surface area contributed by atoms with Gasteiger partial charge in [0, 0.05) is 31.4 Å². The number of carbonyl (C=O) groups excluding carboxylic acids is 1. The van der Waals surface area contributed by atoms with Crippen molar-refractivity contribution in [1.29, 1.82) is 0 Å². The number of carbonyl (C=O) groups is 1. The van der Waals surface area contributed by atoms with Crippen LogP contribution >= 0.6 is 0 Å². The molecule has 2 heterocycles. The Bertz CT molecular complexity index is 514. The first-order chi connectivity index (χ1) is 10.8. The fourth-order valence-corrected chi connectivity index (χ4v) is 3.37. The average molecular weight is 304 g/mol. The molecule has 1 atom stereocenters. The molecule has 1 aromatic rings. The van der Waals surface area contributed by atoms with E-state index in [1.807, 2.05) is 23.1 Å². The van der Waals surface area contributed by atoms with Gasteiger partial charge in [-0.1, -0.05) is 18.2 Å². The smallest absolute Gasteiger partial charge is 0.318 e. The first kappa shape index (κ1) is 15.2. The summed E-state index contributed by atoms with van der Waals surface area (Å²) in [4.78, 5) is 14.6. The van der Waals surface area contributed by atoms with E-state index in [4.69, 9.17) is 9.47 Å². The summed E-state index contributed by atoms with van der Waals surface area (Å²) in [7, 11) is 1.68. The van der Waals surface area contributed by atoms with Gasteiger partial charge in [0.05, 0.1) is 13.2 Å². The largest absolute Gasteiger partial charge is 0.496 e. The van der Waals surface area contributed by atoms with Crippen molar-refractivity contribution in [3.8, 4) is 5.75 Å². The van der Waals surface area contributed by atoms with Crippen LogP contribution in [0.1, 0.15) is 37.3 Å². The van der Waals surface area contributed by atoms with Gasteiger partial charge in [-0.3, -0.25) is 0 Å². The Labute approximate surface area is 131 Å². The third kappa shape index (κ3) is 3.19. The zero-order valence-electron chi connectivity index (χ0n) is 13.1. The van der Waals surface area contributed by atoms with Crippen LogP contribution in [0.3, 0.4) is 0 Å². The number of amides is 2. The number of nitrogens with one attached hydrogen (secondary N) is 1. The number of rotatable bonds is 3. The van der Waals surface area contributed by atoms with Crippen LogP contribution in [-0.4, -0.2) is 43.8 Å². The summed E-state index contributed by atoms with van der Waals surface area (Å²) in [5.41, 5.74) is 1.10. The van der Waals surface area contributed by atoms with Gasteiger partial charge in [-0.25, -0.2) is 4.79 Å². The summed E-state index contributed by atoms with van der Waals surface area (Å²) >= 11 is 0. The average Bonchev–Trinajstić information content (AvgIpc) is 3.05. The molecule has 2 aliphatic rings. The predicted octanol–water partition coefficient (Wildman–Crippen LogP) is 2.72. The van der Waals surface area contributed by atoms with Gasteiger partial charge in [0.25, 0.3) is 0 Å². The van der Waals surface area contributed by atoms with Gasteiger partial charge in [-0.15, -0.1) is 0 Å². The first-order valence-electron chi connectivity index (χ1n) is 8.07. The van der Waals surface area contributed by atoms with Crippen LogP contribution < -0.4 is 10.1 Å².